The molecule has 0 aliphatic carbocycles. The Morgan fingerprint density at radius 2 is 1.67 bits per heavy atom. The van der Waals surface area contributed by atoms with E-state index in [2.05, 4.69) is 55.1 Å². The maximum Gasteiger partial charge on any atom is 0.0638 e. The summed E-state index contributed by atoms with van der Waals surface area (Å²) < 4.78 is 0. The molecule has 2 aromatic rings. The highest BCUT2D eigenvalue weighted by Gasteiger charge is 2.21. The molecule has 94 valence electrons. The van der Waals surface area contributed by atoms with Crippen molar-refractivity contribution in [1.29, 1.82) is 0 Å². The van der Waals surface area contributed by atoms with E-state index < -0.39 is 0 Å². The summed E-state index contributed by atoms with van der Waals surface area (Å²) in [4.78, 5) is 2.63. The van der Waals surface area contributed by atoms with Crippen LogP contribution in [0, 0.1) is 13.8 Å². The Morgan fingerprint density at radius 1 is 1.00 bits per heavy atom. The molecule has 1 aliphatic rings. The largest absolute Gasteiger partial charge is 0.368 e. The van der Waals surface area contributed by atoms with Crippen LogP contribution in [0.4, 0.5) is 5.42 Å². The summed E-state index contributed by atoms with van der Waals surface area (Å²) in [5, 5.41) is 3.05. The second-order valence-electron chi connectivity index (χ2n) is 5.16. The van der Waals surface area contributed by atoms with E-state index >= 15 is 0 Å². The van der Waals surface area contributed by atoms with E-state index in [9.17, 15) is 0 Å². The fraction of sp³-hybridized carbons (Fsp3) is 0.375. The summed E-state index contributed by atoms with van der Waals surface area (Å²) >= 11 is 0. The monoisotopic (exact) mass is 257 g/mol. The quantitative estimate of drug-likeness (QED) is 0.741. The predicted octanol–water partition coefficient (Wildman–Crippen LogP) is 4.88. The molecule has 0 saturated carbocycles. The molecular formula is C16H20NP. The predicted molar refractivity (Wildman–Crippen MR) is 81.4 cm³/mol. The van der Waals surface area contributed by atoms with Crippen molar-refractivity contribution in [3.63, 3.8) is 0 Å². The zero-order chi connectivity index (χ0) is 12.5. The Labute approximate surface area is 111 Å². The molecule has 1 nitrogen and oxygen atoms in total. The lowest BCUT2D eigenvalue weighted by atomic mass is 10.3. The zero-order valence-electron chi connectivity index (χ0n) is 11.2. The van der Waals surface area contributed by atoms with Gasteiger partial charge < -0.3 is 4.90 Å². The molecule has 1 atom stereocenters. The Morgan fingerprint density at radius 3 is 2.33 bits per heavy atom. The van der Waals surface area contributed by atoms with Crippen molar-refractivity contribution in [3.05, 3.63) is 47.3 Å². The lowest BCUT2D eigenvalue weighted by Crippen LogP contribution is -2.17. The second-order valence-corrected chi connectivity index (χ2v) is 7.47. The van der Waals surface area contributed by atoms with E-state index in [-0.39, 0.29) is 7.53 Å². The van der Waals surface area contributed by atoms with Crippen molar-refractivity contribution >= 4 is 13.0 Å². The van der Waals surface area contributed by atoms with E-state index in [4.69, 9.17) is 0 Å². The van der Waals surface area contributed by atoms with Crippen molar-refractivity contribution in [2.24, 2.45) is 0 Å². The van der Waals surface area contributed by atoms with Gasteiger partial charge in [-0.15, -0.1) is 0 Å². The molecule has 1 fully saturated rings. The van der Waals surface area contributed by atoms with Gasteiger partial charge in [0.15, 0.2) is 0 Å². The number of hydrogen-bond donors (Lipinski definition) is 0. The van der Waals surface area contributed by atoms with E-state index in [1.165, 1.54) is 36.8 Å². The molecule has 0 radical (unpaired) electrons. The van der Waals surface area contributed by atoms with Gasteiger partial charge in [0.05, 0.1) is 5.42 Å². The van der Waals surface area contributed by atoms with Crippen LogP contribution in [-0.4, -0.2) is 13.1 Å². The Balaban J connectivity index is 2.13. The number of nitrogens with zero attached hydrogens (tertiary/aromatic N) is 1. The third kappa shape index (κ3) is 1.97. The van der Waals surface area contributed by atoms with Crippen LogP contribution in [0.15, 0.2) is 36.4 Å². The van der Waals surface area contributed by atoms with Gasteiger partial charge in [0.25, 0.3) is 0 Å². The van der Waals surface area contributed by atoms with Gasteiger partial charge in [-0.2, -0.15) is 0 Å². The lowest BCUT2D eigenvalue weighted by molar-refractivity contribution is 0.949. The Bertz CT molecular complexity index is 536. The summed E-state index contributed by atoms with van der Waals surface area (Å²) in [7, 11) is -0.249. The molecule has 3 rings (SSSR count). The van der Waals surface area contributed by atoms with Gasteiger partial charge in [0.2, 0.25) is 0 Å². The SMILES string of the molecule is Cc1cc(C)p(-c2ccccc2)c1N1CCCC1. The van der Waals surface area contributed by atoms with Crippen LogP contribution in [0.2, 0.25) is 0 Å². The molecule has 18 heavy (non-hydrogen) atoms. The number of benzene rings is 1. The minimum atomic E-state index is -0.249. The first kappa shape index (κ1) is 11.9. The Hall–Kier alpha value is -1.20. The van der Waals surface area contributed by atoms with Crippen LogP contribution in [0.5, 0.6) is 0 Å². The molecule has 0 spiro atoms. The topological polar surface area (TPSA) is 3.24 Å². The summed E-state index contributed by atoms with van der Waals surface area (Å²) in [5.74, 6) is 0. The molecule has 2 heterocycles. The summed E-state index contributed by atoms with van der Waals surface area (Å²) in [6.07, 6.45) is 2.71. The minimum Gasteiger partial charge on any atom is -0.368 e. The number of rotatable bonds is 2. The first-order valence-electron chi connectivity index (χ1n) is 6.76. The van der Waals surface area contributed by atoms with Crippen molar-refractivity contribution in [2.75, 3.05) is 18.0 Å². The van der Waals surface area contributed by atoms with Gasteiger partial charge in [-0.3, -0.25) is 0 Å². The van der Waals surface area contributed by atoms with Crippen molar-refractivity contribution in [1.82, 2.24) is 0 Å². The van der Waals surface area contributed by atoms with Crippen LogP contribution in [0.3, 0.4) is 0 Å². The van der Waals surface area contributed by atoms with E-state index in [0.29, 0.717) is 0 Å². The molecule has 2 heteroatoms. The maximum absolute atomic E-state index is 2.63. The maximum atomic E-state index is 2.63. The number of aryl methyl sites for hydroxylation is 2. The smallest absolute Gasteiger partial charge is 0.0638 e. The molecule has 1 unspecified atom stereocenters. The standard InChI is InChI=1S/C16H20NP/c1-13-12-14(2)18(15-8-4-3-5-9-15)16(13)17-10-6-7-11-17/h3-5,8-9,12H,6-7,10-11H2,1-2H3. The van der Waals surface area contributed by atoms with Gasteiger partial charge >= 0.3 is 0 Å². The van der Waals surface area contributed by atoms with E-state index in [1.807, 2.05) is 0 Å². The normalized spacial score (nSPS) is 16.3. The molecule has 0 amide bonds. The zero-order valence-corrected chi connectivity index (χ0v) is 12.1. The van der Waals surface area contributed by atoms with Crippen LogP contribution < -0.4 is 4.90 Å². The highest BCUT2D eigenvalue weighted by molar-refractivity contribution is 7.61. The van der Waals surface area contributed by atoms with Gasteiger partial charge in [-0.05, 0) is 43.6 Å². The van der Waals surface area contributed by atoms with Gasteiger partial charge in [0, 0.05) is 18.4 Å². The average Bonchev–Trinajstić information content (AvgIpc) is 2.97. The van der Waals surface area contributed by atoms with Gasteiger partial charge in [-0.1, -0.05) is 37.9 Å². The fourth-order valence-corrected chi connectivity index (χ4v) is 5.69. The van der Waals surface area contributed by atoms with Crippen molar-refractivity contribution in [2.45, 2.75) is 26.7 Å². The van der Waals surface area contributed by atoms with Crippen LogP contribution in [0.1, 0.15) is 23.7 Å². The van der Waals surface area contributed by atoms with Crippen LogP contribution in [-0.2, 0) is 0 Å². The minimum absolute atomic E-state index is 0.249. The molecule has 1 saturated heterocycles. The third-order valence-corrected chi connectivity index (χ3v) is 6.47. The fourth-order valence-electron chi connectivity index (χ4n) is 3.01. The highest BCUT2D eigenvalue weighted by atomic mass is 31.1. The first-order chi connectivity index (χ1) is 8.77. The number of hydrogen-bond acceptors (Lipinski definition) is 1. The van der Waals surface area contributed by atoms with Crippen LogP contribution >= 0.6 is 7.53 Å². The molecule has 0 bridgehead atoms. The molecular weight excluding hydrogens is 237 g/mol. The summed E-state index contributed by atoms with van der Waals surface area (Å²) in [6, 6.07) is 13.4. The molecule has 0 N–H and O–H groups in total. The van der Waals surface area contributed by atoms with Crippen molar-refractivity contribution < 1.29 is 0 Å². The molecule has 1 aromatic carbocycles. The van der Waals surface area contributed by atoms with E-state index in [0.717, 1.165) is 0 Å². The highest BCUT2D eigenvalue weighted by Crippen LogP contribution is 2.55. The number of anilines is 1. The second kappa shape index (κ2) is 4.82. The van der Waals surface area contributed by atoms with Crippen molar-refractivity contribution in [3.8, 4) is 5.30 Å². The summed E-state index contributed by atoms with van der Waals surface area (Å²) in [6.45, 7) is 7.08. The first-order valence-corrected chi connectivity index (χ1v) is 8.11. The van der Waals surface area contributed by atoms with Crippen LogP contribution in [0.25, 0.3) is 5.30 Å². The Kier molecular flexibility index (Phi) is 3.18. The van der Waals surface area contributed by atoms with E-state index in [1.54, 1.807) is 10.7 Å². The summed E-state index contributed by atoms with van der Waals surface area (Å²) in [5.41, 5.74) is 3.11. The molecule has 1 aliphatic heterocycles. The van der Waals surface area contributed by atoms with Gasteiger partial charge in [-0.25, -0.2) is 0 Å². The average molecular weight is 257 g/mol. The lowest BCUT2D eigenvalue weighted by Gasteiger charge is -2.21. The molecule has 1 aromatic heterocycles. The van der Waals surface area contributed by atoms with Gasteiger partial charge in [0.1, 0.15) is 0 Å². The third-order valence-electron chi connectivity index (χ3n) is 3.76.